The molecule has 12 heavy (non-hydrogen) atoms. The predicted molar refractivity (Wildman–Crippen MR) is 48.8 cm³/mol. The van der Waals surface area contributed by atoms with Crippen molar-refractivity contribution in [1.82, 2.24) is 5.32 Å². The molecule has 0 spiro atoms. The standard InChI is InChI=1S/C9H18N2O/c1-9(4-2-3-5-9)6-7-11-8(10)12/h2-7H2,1H3,(H3,10,11,12). The van der Waals surface area contributed by atoms with Crippen molar-refractivity contribution in [2.75, 3.05) is 6.54 Å². The largest absolute Gasteiger partial charge is 0.352 e. The first-order valence-corrected chi connectivity index (χ1v) is 4.66. The summed E-state index contributed by atoms with van der Waals surface area (Å²) in [6.07, 6.45) is 6.34. The molecule has 0 bridgehead atoms. The summed E-state index contributed by atoms with van der Waals surface area (Å²) < 4.78 is 0. The Morgan fingerprint density at radius 3 is 2.58 bits per heavy atom. The molecule has 0 radical (unpaired) electrons. The van der Waals surface area contributed by atoms with Crippen LogP contribution in [0.25, 0.3) is 0 Å². The van der Waals surface area contributed by atoms with Crippen LogP contribution in [0.3, 0.4) is 0 Å². The van der Waals surface area contributed by atoms with Crippen molar-refractivity contribution in [2.24, 2.45) is 11.1 Å². The van der Waals surface area contributed by atoms with Crippen molar-refractivity contribution in [1.29, 1.82) is 0 Å². The lowest BCUT2D eigenvalue weighted by atomic mass is 9.85. The maximum atomic E-state index is 10.4. The van der Waals surface area contributed by atoms with Crippen molar-refractivity contribution in [3.05, 3.63) is 0 Å². The van der Waals surface area contributed by atoms with Gasteiger partial charge in [-0.25, -0.2) is 4.79 Å². The van der Waals surface area contributed by atoms with E-state index in [0.29, 0.717) is 5.41 Å². The van der Waals surface area contributed by atoms with Crippen LogP contribution in [-0.2, 0) is 0 Å². The quantitative estimate of drug-likeness (QED) is 0.664. The van der Waals surface area contributed by atoms with E-state index in [1.807, 2.05) is 0 Å². The lowest BCUT2D eigenvalue weighted by Gasteiger charge is -2.22. The van der Waals surface area contributed by atoms with E-state index in [-0.39, 0.29) is 0 Å². The molecule has 0 saturated heterocycles. The van der Waals surface area contributed by atoms with Gasteiger partial charge in [0.25, 0.3) is 0 Å². The second-order valence-electron chi connectivity index (χ2n) is 4.06. The molecule has 0 aromatic heterocycles. The summed E-state index contributed by atoms with van der Waals surface area (Å²) in [7, 11) is 0. The molecular weight excluding hydrogens is 152 g/mol. The minimum Gasteiger partial charge on any atom is -0.352 e. The molecule has 3 heteroatoms. The van der Waals surface area contributed by atoms with E-state index >= 15 is 0 Å². The summed E-state index contributed by atoms with van der Waals surface area (Å²) in [6, 6.07) is -0.406. The lowest BCUT2D eigenvalue weighted by Crippen LogP contribution is -2.32. The Kier molecular flexibility index (Phi) is 2.95. The van der Waals surface area contributed by atoms with Crippen LogP contribution in [0, 0.1) is 5.41 Å². The van der Waals surface area contributed by atoms with Crippen molar-refractivity contribution in [3.63, 3.8) is 0 Å². The highest BCUT2D eigenvalue weighted by molar-refractivity contribution is 5.71. The van der Waals surface area contributed by atoms with Gasteiger partial charge in [0, 0.05) is 6.54 Å². The summed E-state index contributed by atoms with van der Waals surface area (Å²) >= 11 is 0. The second-order valence-corrected chi connectivity index (χ2v) is 4.06. The SMILES string of the molecule is CC1(CCNC(N)=O)CCCC1. The first-order valence-electron chi connectivity index (χ1n) is 4.66. The molecule has 0 aromatic carbocycles. The summed E-state index contributed by atoms with van der Waals surface area (Å²) in [5, 5.41) is 2.64. The van der Waals surface area contributed by atoms with Gasteiger partial charge in [-0.05, 0) is 24.7 Å². The van der Waals surface area contributed by atoms with E-state index in [1.165, 1.54) is 25.7 Å². The highest BCUT2D eigenvalue weighted by atomic mass is 16.2. The minimum atomic E-state index is -0.406. The normalized spacial score (nSPS) is 20.8. The zero-order valence-corrected chi connectivity index (χ0v) is 7.73. The molecule has 3 N–H and O–H groups in total. The first-order chi connectivity index (χ1) is 5.62. The zero-order chi connectivity index (χ0) is 9.03. The minimum absolute atomic E-state index is 0.406. The van der Waals surface area contributed by atoms with Crippen molar-refractivity contribution < 1.29 is 4.79 Å². The highest BCUT2D eigenvalue weighted by Crippen LogP contribution is 2.39. The number of urea groups is 1. The number of nitrogens with two attached hydrogens (primary N) is 1. The Labute approximate surface area is 73.7 Å². The van der Waals surface area contributed by atoms with Gasteiger partial charge in [-0.3, -0.25) is 0 Å². The fraction of sp³-hybridized carbons (Fsp3) is 0.889. The molecule has 1 aliphatic carbocycles. The Morgan fingerprint density at radius 2 is 2.08 bits per heavy atom. The van der Waals surface area contributed by atoms with Crippen LogP contribution in [0.5, 0.6) is 0 Å². The van der Waals surface area contributed by atoms with Crippen LogP contribution in [0.4, 0.5) is 4.79 Å². The van der Waals surface area contributed by atoms with Crippen molar-refractivity contribution >= 4 is 6.03 Å². The predicted octanol–water partition coefficient (Wildman–Crippen LogP) is 1.63. The average Bonchev–Trinajstić information content (AvgIpc) is 2.35. The average molecular weight is 170 g/mol. The van der Waals surface area contributed by atoms with Crippen LogP contribution in [0.2, 0.25) is 0 Å². The van der Waals surface area contributed by atoms with Gasteiger partial charge < -0.3 is 11.1 Å². The van der Waals surface area contributed by atoms with Gasteiger partial charge in [-0.1, -0.05) is 19.8 Å². The van der Waals surface area contributed by atoms with Gasteiger partial charge in [0.1, 0.15) is 0 Å². The number of rotatable bonds is 3. The number of amides is 2. The van der Waals surface area contributed by atoms with Gasteiger partial charge in [-0.2, -0.15) is 0 Å². The van der Waals surface area contributed by atoms with E-state index in [9.17, 15) is 4.79 Å². The Hall–Kier alpha value is -0.730. The van der Waals surface area contributed by atoms with Crippen LogP contribution >= 0.6 is 0 Å². The van der Waals surface area contributed by atoms with Crippen LogP contribution in [0.1, 0.15) is 39.0 Å². The van der Waals surface area contributed by atoms with E-state index in [4.69, 9.17) is 5.73 Å². The van der Waals surface area contributed by atoms with E-state index in [0.717, 1.165) is 13.0 Å². The topological polar surface area (TPSA) is 55.1 Å². The molecule has 0 heterocycles. The molecule has 0 unspecified atom stereocenters. The number of carbonyl (C=O) groups excluding carboxylic acids is 1. The summed E-state index contributed by atoms with van der Waals surface area (Å²) in [5.74, 6) is 0. The number of hydrogen-bond donors (Lipinski definition) is 2. The molecule has 70 valence electrons. The third kappa shape index (κ3) is 2.72. The maximum Gasteiger partial charge on any atom is 0.312 e. The zero-order valence-electron chi connectivity index (χ0n) is 7.73. The number of primary amides is 1. The summed E-state index contributed by atoms with van der Waals surface area (Å²) in [6.45, 7) is 3.02. The maximum absolute atomic E-state index is 10.4. The molecular formula is C9H18N2O. The third-order valence-electron chi connectivity index (χ3n) is 2.84. The van der Waals surface area contributed by atoms with Crippen LogP contribution in [0.15, 0.2) is 0 Å². The molecule has 0 aromatic rings. The van der Waals surface area contributed by atoms with E-state index in [1.54, 1.807) is 0 Å². The van der Waals surface area contributed by atoms with Gasteiger partial charge in [0.15, 0.2) is 0 Å². The number of carbonyl (C=O) groups is 1. The third-order valence-corrected chi connectivity index (χ3v) is 2.84. The molecule has 3 nitrogen and oxygen atoms in total. The van der Waals surface area contributed by atoms with Crippen molar-refractivity contribution in [3.8, 4) is 0 Å². The molecule has 0 atom stereocenters. The molecule has 1 saturated carbocycles. The molecule has 0 aliphatic heterocycles. The van der Waals surface area contributed by atoms with Gasteiger partial charge in [0.2, 0.25) is 0 Å². The monoisotopic (exact) mass is 170 g/mol. The molecule has 1 aliphatic rings. The fourth-order valence-electron chi connectivity index (χ4n) is 1.97. The Bertz CT molecular complexity index is 162. The summed E-state index contributed by atoms with van der Waals surface area (Å²) in [4.78, 5) is 10.4. The lowest BCUT2D eigenvalue weighted by molar-refractivity contribution is 0.244. The smallest absolute Gasteiger partial charge is 0.312 e. The molecule has 2 amide bonds. The Balaban J connectivity index is 2.17. The van der Waals surface area contributed by atoms with Crippen LogP contribution in [-0.4, -0.2) is 12.6 Å². The highest BCUT2D eigenvalue weighted by Gasteiger charge is 2.27. The van der Waals surface area contributed by atoms with E-state index < -0.39 is 6.03 Å². The number of hydrogen-bond acceptors (Lipinski definition) is 1. The van der Waals surface area contributed by atoms with Gasteiger partial charge >= 0.3 is 6.03 Å². The fourth-order valence-corrected chi connectivity index (χ4v) is 1.97. The van der Waals surface area contributed by atoms with Crippen molar-refractivity contribution in [2.45, 2.75) is 39.0 Å². The molecule has 1 rings (SSSR count). The second kappa shape index (κ2) is 3.78. The molecule has 1 fully saturated rings. The Morgan fingerprint density at radius 1 is 1.50 bits per heavy atom. The van der Waals surface area contributed by atoms with Gasteiger partial charge in [-0.15, -0.1) is 0 Å². The van der Waals surface area contributed by atoms with Crippen LogP contribution < -0.4 is 11.1 Å². The van der Waals surface area contributed by atoms with Gasteiger partial charge in [0.05, 0.1) is 0 Å². The first kappa shape index (κ1) is 9.36. The number of nitrogens with one attached hydrogen (secondary N) is 1. The summed E-state index contributed by atoms with van der Waals surface area (Å²) in [5.41, 5.74) is 5.43. The van der Waals surface area contributed by atoms with E-state index in [2.05, 4.69) is 12.2 Å².